The van der Waals surface area contributed by atoms with Crippen molar-refractivity contribution >= 4 is 5.78 Å². The number of hydrogen-bond acceptors (Lipinski definition) is 4. The Labute approximate surface area is 153 Å². The van der Waals surface area contributed by atoms with Gasteiger partial charge in [0, 0.05) is 17.8 Å². The maximum atomic E-state index is 13.0. The van der Waals surface area contributed by atoms with Crippen molar-refractivity contribution in [2.45, 2.75) is 0 Å². The lowest BCUT2D eigenvalue weighted by molar-refractivity contribution is 0.896. The molecule has 5 rings (SSSR count). The first-order valence-corrected chi connectivity index (χ1v) is 8.45. The summed E-state index contributed by atoms with van der Waals surface area (Å²) in [5, 5.41) is 11.5. The number of hydrogen-bond donors (Lipinski definition) is 1. The van der Waals surface area contributed by atoms with E-state index in [9.17, 15) is 4.79 Å². The van der Waals surface area contributed by atoms with Crippen molar-refractivity contribution in [1.29, 1.82) is 0 Å². The highest BCUT2D eigenvalue weighted by Crippen LogP contribution is 2.21. The van der Waals surface area contributed by atoms with Gasteiger partial charge in [-0.05, 0) is 18.2 Å². The van der Waals surface area contributed by atoms with Gasteiger partial charge in [-0.3, -0.25) is 9.89 Å². The average Bonchev–Trinajstić information content (AvgIpc) is 3.37. The number of rotatable bonds is 3. The summed E-state index contributed by atoms with van der Waals surface area (Å²) in [6, 6.07) is 22.5. The molecule has 0 unspecified atom stereocenters. The van der Waals surface area contributed by atoms with Crippen molar-refractivity contribution in [3.63, 3.8) is 0 Å². The maximum absolute atomic E-state index is 13.0. The van der Waals surface area contributed by atoms with Gasteiger partial charge in [-0.25, -0.2) is 9.38 Å². The predicted octanol–water partition coefficient (Wildman–Crippen LogP) is 2.94. The molecule has 3 aromatic heterocycles. The Kier molecular flexibility index (Phi) is 3.43. The zero-order valence-corrected chi connectivity index (χ0v) is 14.1. The van der Waals surface area contributed by atoms with Crippen LogP contribution in [0.2, 0.25) is 0 Å². The Morgan fingerprint density at radius 3 is 2.33 bits per heavy atom. The fourth-order valence-electron chi connectivity index (χ4n) is 3.05. The first-order chi connectivity index (χ1) is 13.3. The molecule has 27 heavy (non-hydrogen) atoms. The number of para-hydroxylation sites is 1. The minimum Gasteiger partial charge on any atom is -0.275 e. The van der Waals surface area contributed by atoms with Crippen LogP contribution in [-0.2, 0) is 0 Å². The van der Waals surface area contributed by atoms with Crippen LogP contribution in [-0.4, -0.2) is 29.4 Å². The van der Waals surface area contributed by atoms with Gasteiger partial charge in [0.05, 0.1) is 11.4 Å². The molecule has 0 spiro atoms. The molecule has 0 aliphatic carbocycles. The number of nitrogens with zero attached hydrogens (tertiary/aromatic N) is 5. The molecule has 0 aliphatic heterocycles. The van der Waals surface area contributed by atoms with Crippen molar-refractivity contribution in [3.05, 3.63) is 89.3 Å². The van der Waals surface area contributed by atoms with Crippen LogP contribution in [0.3, 0.4) is 0 Å². The third-order valence-corrected chi connectivity index (χ3v) is 4.31. The summed E-state index contributed by atoms with van der Waals surface area (Å²) in [6.45, 7) is 0. The second-order valence-electron chi connectivity index (χ2n) is 6.02. The lowest BCUT2D eigenvalue weighted by atomic mass is 10.1. The summed E-state index contributed by atoms with van der Waals surface area (Å²) >= 11 is 0. The first-order valence-electron chi connectivity index (χ1n) is 8.45. The van der Waals surface area contributed by atoms with E-state index in [1.807, 2.05) is 60.7 Å². The van der Waals surface area contributed by atoms with Crippen LogP contribution in [0.15, 0.2) is 83.8 Å². The summed E-state index contributed by atoms with van der Waals surface area (Å²) in [7, 11) is 0. The van der Waals surface area contributed by atoms with Gasteiger partial charge in [0.2, 0.25) is 5.78 Å². The van der Waals surface area contributed by atoms with Gasteiger partial charge in [0.25, 0.3) is 5.56 Å². The molecule has 0 saturated heterocycles. The molecule has 1 N–H and O–H groups in total. The molecule has 7 nitrogen and oxygen atoms in total. The summed E-state index contributed by atoms with van der Waals surface area (Å²) < 4.78 is 3.16. The fourth-order valence-corrected chi connectivity index (χ4v) is 3.05. The lowest BCUT2D eigenvalue weighted by Crippen LogP contribution is -2.15. The molecule has 5 aromatic rings. The number of aromatic nitrogens is 6. The Bertz CT molecular complexity index is 1270. The molecule has 0 fully saturated rings. The van der Waals surface area contributed by atoms with E-state index in [0.29, 0.717) is 23.0 Å². The molecule has 0 radical (unpaired) electrons. The molecular formula is C20H14N6O. The molecule has 0 saturated carbocycles. The van der Waals surface area contributed by atoms with Crippen LogP contribution in [0, 0.1) is 0 Å². The normalized spacial score (nSPS) is 11.1. The number of aromatic amines is 1. The van der Waals surface area contributed by atoms with Gasteiger partial charge >= 0.3 is 0 Å². The monoisotopic (exact) mass is 354 g/mol. The second-order valence-corrected chi connectivity index (χ2v) is 6.02. The predicted molar refractivity (Wildman–Crippen MR) is 102 cm³/mol. The van der Waals surface area contributed by atoms with Crippen LogP contribution >= 0.6 is 0 Å². The smallest absolute Gasteiger partial charge is 0.261 e. The first kappa shape index (κ1) is 15.3. The highest BCUT2D eigenvalue weighted by Gasteiger charge is 2.18. The Hall–Kier alpha value is -4.00. The SMILES string of the molecule is O=c1cc(-c2ccccc2)nc2n(-c3ccccc3)nc(-c3ccn[nH]3)n12. The molecule has 0 bridgehead atoms. The summed E-state index contributed by atoms with van der Waals surface area (Å²) in [5.41, 5.74) is 2.74. The van der Waals surface area contributed by atoms with E-state index >= 15 is 0 Å². The van der Waals surface area contributed by atoms with Crippen molar-refractivity contribution < 1.29 is 0 Å². The second kappa shape index (κ2) is 6.06. The molecule has 3 heterocycles. The third kappa shape index (κ3) is 2.53. The quantitative estimate of drug-likeness (QED) is 0.540. The summed E-state index contributed by atoms with van der Waals surface area (Å²) in [5.74, 6) is 0.903. The van der Waals surface area contributed by atoms with Crippen LogP contribution < -0.4 is 5.56 Å². The van der Waals surface area contributed by atoms with Gasteiger partial charge in [0.1, 0.15) is 5.69 Å². The molecule has 130 valence electrons. The minimum atomic E-state index is -0.203. The van der Waals surface area contributed by atoms with Gasteiger partial charge < -0.3 is 0 Å². The van der Waals surface area contributed by atoms with Crippen LogP contribution in [0.1, 0.15) is 0 Å². The van der Waals surface area contributed by atoms with Gasteiger partial charge in [0.15, 0.2) is 5.82 Å². The van der Waals surface area contributed by atoms with E-state index in [0.717, 1.165) is 11.3 Å². The number of fused-ring (bicyclic) bond motifs is 1. The highest BCUT2D eigenvalue weighted by molar-refractivity contribution is 5.63. The Morgan fingerprint density at radius 2 is 1.63 bits per heavy atom. The van der Waals surface area contributed by atoms with Gasteiger partial charge in [-0.1, -0.05) is 48.5 Å². The largest absolute Gasteiger partial charge is 0.275 e. The summed E-state index contributed by atoms with van der Waals surface area (Å²) in [6.07, 6.45) is 1.62. The molecule has 2 aromatic carbocycles. The van der Waals surface area contributed by atoms with E-state index in [-0.39, 0.29) is 5.56 Å². The highest BCUT2D eigenvalue weighted by atomic mass is 16.1. The number of nitrogens with one attached hydrogen (secondary N) is 1. The van der Waals surface area contributed by atoms with Gasteiger partial charge in [-0.2, -0.15) is 9.78 Å². The van der Waals surface area contributed by atoms with Crippen molar-refractivity contribution in [1.82, 2.24) is 29.4 Å². The Balaban J connectivity index is 1.85. The topological polar surface area (TPSA) is 80.9 Å². The van der Waals surface area contributed by atoms with Crippen LogP contribution in [0.5, 0.6) is 0 Å². The zero-order valence-electron chi connectivity index (χ0n) is 14.1. The van der Waals surface area contributed by atoms with Crippen LogP contribution in [0.4, 0.5) is 0 Å². The van der Waals surface area contributed by atoms with Crippen molar-refractivity contribution in [2.24, 2.45) is 0 Å². The van der Waals surface area contributed by atoms with E-state index in [2.05, 4.69) is 15.3 Å². The molecular weight excluding hydrogens is 340 g/mol. The molecule has 0 atom stereocenters. The number of H-pyrrole nitrogens is 1. The lowest BCUT2D eigenvalue weighted by Gasteiger charge is -2.04. The van der Waals surface area contributed by atoms with E-state index < -0.39 is 0 Å². The van der Waals surface area contributed by atoms with E-state index in [4.69, 9.17) is 4.98 Å². The molecule has 0 aliphatic rings. The minimum absolute atomic E-state index is 0.203. The fraction of sp³-hybridized carbons (Fsp3) is 0. The van der Waals surface area contributed by atoms with Crippen molar-refractivity contribution in [3.8, 4) is 28.5 Å². The van der Waals surface area contributed by atoms with Crippen LogP contribution in [0.25, 0.3) is 34.2 Å². The average molecular weight is 354 g/mol. The van der Waals surface area contributed by atoms with E-state index in [1.165, 1.54) is 10.5 Å². The number of benzene rings is 2. The van der Waals surface area contributed by atoms with Crippen molar-refractivity contribution in [2.75, 3.05) is 0 Å². The van der Waals surface area contributed by atoms with E-state index in [1.54, 1.807) is 16.9 Å². The Morgan fingerprint density at radius 1 is 0.889 bits per heavy atom. The van der Waals surface area contributed by atoms with Gasteiger partial charge in [-0.15, -0.1) is 5.10 Å². The molecule has 7 heteroatoms. The third-order valence-electron chi connectivity index (χ3n) is 4.31. The summed E-state index contributed by atoms with van der Waals surface area (Å²) in [4.78, 5) is 17.7. The maximum Gasteiger partial charge on any atom is 0.261 e. The standard InChI is InChI=1S/C20H14N6O/c27-18-13-17(14-7-3-1-4-8-14)22-20-25(18)19(16-11-12-21-23-16)24-26(20)15-9-5-2-6-10-15/h1-13H,(H,21,23). The zero-order chi connectivity index (χ0) is 18.2. The molecule has 0 amide bonds.